The van der Waals surface area contributed by atoms with E-state index in [0.717, 1.165) is 30.3 Å². The van der Waals surface area contributed by atoms with E-state index in [1.807, 2.05) is 10.6 Å². The summed E-state index contributed by atoms with van der Waals surface area (Å²) in [5, 5.41) is 9.15. The number of aromatic nitrogens is 3. The highest BCUT2D eigenvalue weighted by Crippen LogP contribution is 2.42. The highest BCUT2D eigenvalue weighted by Gasteiger charge is 2.48. The van der Waals surface area contributed by atoms with E-state index in [2.05, 4.69) is 9.97 Å². The first-order valence-corrected chi connectivity index (χ1v) is 10.6. The predicted octanol–water partition coefficient (Wildman–Crippen LogP) is 3.63. The van der Waals surface area contributed by atoms with Gasteiger partial charge in [0.05, 0.1) is 35.2 Å². The fraction of sp³-hybridized carbons (Fsp3) is 0.391. The number of benzene rings is 1. The van der Waals surface area contributed by atoms with E-state index < -0.39 is 17.5 Å². The van der Waals surface area contributed by atoms with Crippen LogP contribution in [0.25, 0.3) is 11.0 Å². The van der Waals surface area contributed by atoms with Gasteiger partial charge in [-0.3, -0.25) is 9.69 Å². The minimum absolute atomic E-state index is 0.00370. The van der Waals surface area contributed by atoms with Crippen molar-refractivity contribution in [3.8, 4) is 6.07 Å². The summed E-state index contributed by atoms with van der Waals surface area (Å²) in [5.74, 6) is -0.335. The number of fused-ring (bicyclic) bond motifs is 1. The fourth-order valence-corrected chi connectivity index (χ4v) is 5.09. The number of carbonyl (C=O) groups is 1. The van der Waals surface area contributed by atoms with Gasteiger partial charge in [0.2, 0.25) is 5.56 Å². The van der Waals surface area contributed by atoms with E-state index in [9.17, 15) is 14.0 Å². The molecule has 9 heteroatoms. The van der Waals surface area contributed by atoms with Crippen LogP contribution >= 0.6 is 0 Å². The molecule has 32 heavy (non-hydrogen) atoms. The van der Waals surface area contributed by atoms with Gasteiger partial charge in [0, 0.05) is 24.9 Å². The normalized spacial score (nSPS) is 23.0. The Labute approximate surface area is 183 Å². The number of amides is 1. The quantitative estimate of drug-likeness (QED) is 0.677. The van der Waals surface area contributed by atoms with Gasteiger partial charge in [-0.1, -0.05) is 0 Å². The van der Waals surface area contributed by atoms with Gasteiger partial charge in [-0.2, -0.15) is 5.26 Å². The van der Waals surface area contributed by atoms with Gasteiger partial charge in [0.25, 0.3) is 0 Å². The minimum atomic E-state index is -0.580. The van der Waals surface area contributed by atoms with Crippen LogP contribution < -0.4 is 10.5 Å². The summed E-state index contributed by atoms with van der Waals surface area (Å²) in [4.78, 5) is 32.8. The summed E-state index contributed by atoms with van der Waals surface area (Å²) in [7, 11) is 0. The molecule has 1 aliphatic heterocycles. The third-order valence-corrected chi connectivity index (χ3v) is 6.55. The maximum absolute atomic E-state index is 13.9. The average Bonchev–Trinajstić information content (AvgIpc) is 3.27. The third kappa shape index (κ3) is 3.42. The van der Waals surface area contributed by atoms with Gasteiger partial charge in [-0.05, 0) is 50.2 Å². The average molecular weight is 435 g/mol. The molecule has 3 heterocycles. The number of carbonyl (C=O) groups excluding carboxylic acids is 1. The molecule has 0 bridgehead atoms. The molecule has 0 unspecified atom stereocenters. The highest BCUT2D eigenvalue weighted by atomic mass is 19.1. The van der Waals surface area contributed by atoms with E-state index in [-0.39, 0.29) is 17.0 Å². The van der Waals surface area contributed by atoms with Crippen molar-refractivity contribution in [2.45, 2.75) is 44.8 Å². The van der Waals surface area contributed by atoms with Crippen LogP contribution in [0.3, 0.4) is 0 Å². The van der Waals surface area contributed by atoms with Crippen molar-refractivity contribution >= 4 is 22.8 Å². The highest BCUT2D eigenvalue weighted by molar-refractivity contribution is 5.91. The minimum Gasteiger partial charge on any atom is -0.441 e. The van der Waals surface area contributed by atoms with Gasteiger partial charge in [-0.15, -0.1) is 0 Å². The predicted molar refractivity (Wildman–Crippen MR) is 115 cm³/mol. The zero-order chi connectivity index (χ0) is 22.5. The molecule has 1 saturated heterocycles. The number of hydrogen-bond acceptors (Lipinski definition) is 5. The summed E-state index contributed by atoms with van der Waals surface area (Å²) in [6.45, 7) is 2.88. The van der Waals surface area contributed by atoms with Crippen LogP contribution in [0.4, 0.5) is 14.9 Å². The van der Waals surface area contributed by atoms with Crippen molar-refractivity contribution in [1.29, 1.82) is 5.26 Å². The molecule has 1 aliphatic carbocycles. The summed E-state index contributed by atoms with van der Waals surface area (Å²) >= 11 is 0. The second-order valence-corrected chi connectivity index (χ2v) is 8.79. The summed E-state index contributed by atoms with van der Waals surface area (Å²) in [6, 6.07) is 6.17. The number of halogens is 1. The molecular formula is C23H22FN5O3. The fourth-order valence-electron chi connectivity index (χ4n) is 5.09. The van der Waals surface area contributed by atoms with E-state index in [1.165, 1.54) is 18.2 Å². The molecule has 2 atom stereocenters. The van der Waals surface area contributed by atoms with Crippen molar-refractivity contribution in [3.63, 3.8) is 0 Å². The van der Waals surface area contributed by atoms with E-state index in [1.54, 1.807) is 24.3 Å². The number of imidazole rings is 1. The lowest BCUT2D eigenvalue weighted by atomic mass is 9.78. The van der Waals surface area contributed by atoms with Crippen LogP contribution in [-0.4, -0.2) is 32.8 Å². The smallest absolute Gasteiger partial charge is 0.415 e. The number of aromatic amines is 1. The number of nitrogens with zero attached hydrogens (tertiary/aromatic N) is 4. The molecule has 1 aromatic carbocycles. The zero-order valence-electron chi connectivity index (χ0n) is 17.6. The Morgan fingerprint density at radius 3 is 3.00 bits per heavy atom. The van der Waals surface area contributed by atoms with Crippen LogP contribution in [0.15, 0.2) is 35.5 Å². The SMILES string of the molecule is Cc1cc(=O)[nH]cc1N1C[C@@]2(CCC[C@H](Cn3cnc4cc(F)c(C#N)cc43)C2)OC1=O. The first-order valence-electron chi connectivity index (χ1n) is 10.6. The number of H-pyrrole nitrogens is 1. The van der Waals surface area contributed by atoms with Gasteiger partial charge in [0.1, 0.15) is 17.5 Å². The zero-order valence-corrected chi connectivity index (χ0v) is 17.6. The lowest BCUT2D eigenvalue weighted by Gasteiger charge is -2.36. The van der Waals surface area contributed by atoms with Crippen LogP contribution in [0.2, 0.25) is 0 Å². The first-order chi connectivity index (χ1) is 15.4. The molecule has 1 N–H and O–H groups in total. The van der Waals surface area contributed by atoms with Crippen LogP contribution in [-0.2, 0) is 11.3 Å². The number of pyridine rings is 1. The van der Waals surface area contributed by atoms with Crippen LogP contribution in [0.1, 0.15) is 36.8 Å². The molecule has 2 fully saturated rings. The van der Waals surface area contributed by atoms with Crippen LogP contribution in [0, 0.1) is 30.0 Å². The maximum atomic E-state index is 13.9. The Balaban J connectivity index is 1.37. The number of nitriles is 1. The lowest BCUT2D eigenvalue weighted by Crippen LogP contribution is -2.40. The van der Waals surface area contributed by atoms with Gasteiger partial charge < -0.3 is 14.3 Å². The van der Waals surface area contributed by atoms with Crippen molar-refractivity contribution in [2.24, 2.45) is 5.92 Å². The van der Waals surface area contributed by atoms with Crippen LogP contribution in [0.5, 0.6) is 0 Å². The standard InChI is InChI=1S/C23H22FN5O3/c1-14-5-21(30)26-10-20(14)29-12-23(32-22(29)31)4-2-3-15(8-23)11-28-13-27-18-7-17(24)16(9-25)6-19(18)28/h5-7,10,13,15H,2-4,8,11-12H2,1H3,(H,26,30)/t15-,23-/m0/s1. The molecular weight excluding hydrogens is 413 g/mol. The maximum Gasteiger partial charge on any atom is 0.415 e. The Hall–Kier alpha value is -3.67. The Kier molecular flexibility index (Phi) is 4.73. The molecule has 1 spiro atoms. The second kappa shape index (κ2) is 7.48. The molecule has 0 radical (unpaired) electrons. The van der Waals surface area contributed by atoms with E-state index in [4.69, 9.17) is 10.00 Å². The largest absolute Gasteiger partial charge is 0.441 e. The van der Waals surface area contributed by atoms with E-state index in [0.29, 0.717) is 30.7 Å². The Morgan fingerprint density at radius 2 is 2.22 bits per heavy atom. The van der Waals surface area contributed by atoms with Crippen molar-refractivity contribution in [1.82, 2.24) is 14.5 Å². The molecule has 1 saturated carbocycles. The monoisotopic (exact) mass is 435 g/mol. The molecule has 164 valence electrons. The summed E-state index contributed by atoms with van der Waals surface area (Å²) in [6.07, 6.45) is 6.20. The van der Waals surface area contributed by atoms with Gasteiger partial charge in [-0.25, -0.2) is 14.2 Å². The van der Waals surface area contributed by atoms with Crippen molar-refractivity contribution < 1.29 is 13.9 Å². The van der Waals surface area contributed by atoms with Gasteiger partial charge in [0.15, 0.2) is 0 Å². The molecule has 3 aromatic rings. The van der Waals surface area contributed by atoms with Gasteiger partial charge >= 0.3 is 6.09 Å². The topological polar surface area (TPSA) is 104 Å². The number of nitrogens with one attached hydrogen (secondary N) is 1. The number of hydrogen-bond donors (Lipinski definition) is 1. The summed E-state index contributed by atoms with van der Waals surface area (Å²) in [5.41, 5.74) is 1.81. The lowest BCUT2D eigenvalue weighted by molar-refractivity contribution is 0.00439. The molecule has 2 aliphatic rings. The number of rotatable bonds is 3. The molecule has 5 rings (SSSR count). The molecule has 2 aromatic heterocycles. The van der Waals surface area contributed by atoms with E-state index >= 15 is 0 Å². The third-order valence-electron chi connectivity index (χ3n) is 6.55. The van der Waals surface area contributed by atoms with Crippen molar-refractivity contribution in [2.75, 3.05) is 11.4 Å². The number of anilines is 1. The van der Waals surface area contributed by atoms with Crippen molar-refractivity contribution in [3.05, 3.63) is 58.0 Å². The molecule has 8 nitrogen and oxygen atoms in total. The second-order valence-electron chi connectivity index (χ2n) is 8.79. The Morgan fingerprint density at radius 1 is 1.38 bits per heavy atom. The number of ether oxygens (including phenoxy) is 1. The summed E-state index contributed by atoms with van der Waals surface area (Å²) < 4.78 is 21.8. The molecule has 1 amide bonds. The number of aryl methyl sites for hydroxylation is 1. The first kappa shape index (κ1) is 20.2. The Bertz CT molecular complexity index is 1320.